The van der Waals surface area contributed by atoms with E-state index in [1.807, 2.05) is 6.92 Å². The maximum atomic E-state index is 13.1. The molecule has 160 valence electrons. The molecular formula is C23H21BrN2O5. The second kappa shape index (κ2) is 9.61. The van der Waals surface area contributed by atoms with Crippen molar-refractivity contribution in [3.63, 3.8) is 0 Å². The summed E-state index contributed by atoms with van der Waals surface area (Å²) >= 11 is 3.32. The number of imide groups is 2. The van der Waals surface area contributed by atoms with Gasteiger partial charge in [0.1, 0.15) is 5.57 Å². The summed E-state index contributed by atoms with van der Waals surface area (Å²) in [5.74, 6) is -0.423. The number of urea groups is 1. The van der Waals surface area contributed by atoms with Gasteiger partial charge >= 0.3 is 6.03 Å². The number of barbiturate groups is 1. The molecule has 2 aromatic carbocycles. The fraction of sp³-hybridized carbons (Fsp3) is 0.174. The van der Waals surface area contributed by atoms with Crippen LogP contribution in [0.2, 0.25) is 0 Å². The van der Waals surface area contributed by atoms with Crippen molar-refractivity contribution in [3.05, 3.63) is 70.2 Å². The lowest BCUT2D eigenvalue weighted by Crippen LogP contribution is -2.54. The minimum absolute atomic E-state index is 0.167. The van der Waals surface area contributed by atoms with Gasteiger partial charge in [-0.1, -0.05) is 22.0 Å². The molecule has 3 rings (SSSR count). The van der Waals surface area contributed by atoms with Crippen molar-refractivity contribution in [1.82, 2.24) is 5.32 Å². The number of amides is 4. The van der Waals surface area contributed by atoms with Gasteiger partial charge in [0, 0.05) is 10.0 Å². The highest BCUT2D eigenvalue weighted by atomic mass is 79.9. The van der Waals surface area contributed by atoms with Gasteiger partial charge in [-0.3, -0.25) is 14.9 Å². The number of nitrogens with zero attached hydrogens (tertiary/aromatic N) is 1. The fourth-order valence-electron chi connectivity index (χ4n) is 3.22. The molecule has 31 heavy (non-hydrogen) atoms. The maximum absolute atomic E-state index is 13.1. The van der Waals surface area contributed by atoms with Crippen molar-refractivity contribution in [2.45, 2.75) is 13.3 Å². The summed E-state index contributed by atoms with van der Waals surface area (Å²) in [6.45, 7) is 6.01. The van der Waals surface area contributed by atoms with Crippen LogP contribution < -0.4 is 19.7 Å². The first-order valence-corrected chi connectivity index (χ1v) is 10.3. The molecule has 1 aliphatic rings. The lowest BCUT2D eigenvalue weighted by atomic mass is 10.0. The average Bonchev–Trinajstić information content (AvgIpc) is 2.73. The first kappa shape index (κ1) is 22.3. The Hall–Kier alpha value is -3.39. The molecule has 0 aromatic heterocycles. The predicted molar refractivity (Wildman–Crippen MR) is 121 cm³/mol. The Kier molecular flexibility index (Phi) is 6.91. The monoisotopic (exact) mass is 484 g/mol. The van der Waals surface area contributed by atoms with Gasteiger partial charge in [0.15, 0.2) is 11.5 Å². The van der Waals surface area contributed by atoms with Crippen LogP contribution in [-0.2, 0) is 16.0 Å². The van der Waals surface area contributed by atoms with Gasteiger partial charge in [0.2, 0.25) is 0 Å². The Morgan fingerprint density at radius 2 is 1.87 bits per heavy atom. The molecule has 1 fully saturated rings. The molecule has 2 aromatic rings. The molecule has 4 amide bonds. The molecule has 0 atom stereocenters. The van der Waals surface area contributed by atoms with Crippen LogP contribution in [0.25, 0.3) is 6.08 Å². The number of halogens is 1. The zero-order chi connectivity index (χ0) is 22.5. The fourth-order valence-corrected chi connectivity index (χ4v) is 3.48. The van der Waals surface area contributed by atoms with E-state index in [0.29, 0.717) is 35.8 Å². The molecule has 0 saturated carbocycles. The molecule has 0 spiro atoms. The number of rotatable bonds is 7. The number of ether oxygens (including phenoxy) is 2. The van der Waals surface area contributed by atoms with Gasteiger partial charge in [0.25, 0.3) is 11.8 Å². The minimum Gasteiger partial charge on any atom is -0.493 e. The second-order valence-electron chi connectivity index (χ2n) is 6.57. The summed E-state index contributed by atoms with van der Waals surface area (Å²) in [5.41, 5.74) is 1.53. The highest BCUT2D eigenvalue weighted by Gasteiger charge is 2.36. The molecule has 0 aliphatic carbocycles. The number of carbonyl (C=O) groups is 3. The number of nitrogens with one attached hydrogen (secondary N) is 1. The Morgan fingerprint density at radius 3 is 2.48 bits per heavy atom. The first-order chi connectivity index (χ1) is 14.9. The van der Waals surface area contributed by atoms with Gasteiger partial charge in [-0.15, -0.1) is 6.58 Å². The van der Waals surface area contributed by atoms with E-state index in [0.717, 1.165) is 14.9 Å². The number of hydrogen-bond acceptors (Lipinski definition) is 5. The predicted octanol–water partition coefficient (Wildman–Crippen LogP) is 4.25. The Bertz CT molecular complexity index is 1080. The van der Waals surface area contributed by atoms with E-state index in [9.17, 15) is 14.4 Å². The van der Waals surface area contributed by atoms with E-state index >= 15 is 0 Å². The van der Waals surface area contributed by atoms with Crippen molar-refractivity contribution < 1.29 is 23.9 Å². The number of methoxy groups -OCH3 is 1. The lowest BCUT2D eigenvalue weighted by Gasteiger charge is -2.26. The summed E-state index contributed by atoms with van der Waals surface area (Å²) in [4.78, 5) is 38.8. The standard InChI is InChI=1S/C23H21BrN2O5/c1-4-6-15-11-14(13-19(31-5-2)20(15)30-3)12-18-21(27)25-23(29)26(22(18)28)17-9-7-16(24)8-10-17/h4,7-13H,1,5-6H2,2-3H3,(H,25,27,29)/b18-12-. The molecule has 1 saturated heterocycles. The first-order valence-electron chi connectivity index (χ1n) is 9.51. The zero-order valence-corrected chi connectivity index (χ0v) is 18.7. The summed E-state index contributed by atoms with van der Waals surface area (Å²) in [6.07, 6.45) is 3.66. The molecule has 0 bridgehead atoms. The summed E-state index contributed by atoms with van der Waals surface area (Å²) in [6, 6.07) is 9.30. The summed E-state index contributed by atoms with van der Waals surface area (Å²) < 4.78 is 11.9. The highest BCUT2D eigenvalue weighted by molar-refractivity contribution is 9.10. The maximum Gasteiger partial charge on any atom is 0.335 e. The van der Waals surface area contributed by atoms with Crippen molar-refractivity contribution in [2.75, 3.05) is 18.6 Å². The van der Waals surface area contributed by atoms with Gasteiger partial charge in [0.05, 0.1) is 19.4 Å². The Morgan fingerprint density at radius 1 is 1.16 bits per heavy atom. The second-order valence-corrected chi connectivity index (χ2v) is 7.49. The van der Waals surface area contributed by atoms with Crippen molar-refractivity contribution in [1.29, 1.82) is 0 Å². The topological polar surface area (TPSA) is 84.9 Å². The van der Waals surface area contributed by atoms with Crippen molar-refractivity contribution >= 4 is 45.5 Å². The highest BCUT2D eigenvalue weighted by Crippen LogP contribution is 2.34. The van der Waals surface area contributed by atoms with Crippen LogP contribution in [0.3, 0.4) is 0 Å². The molecule has 1 heterocycles. The van der Waals surface area contributed by atoms with E-state index in [4.69, 9.17) is 9.47 Å². The van der Waals surface area contributed by atoms with Crippen LogP contribution in [0.4, 0.5) is 10.5 Å². The number of anilines is 1. The van der Waals surface area contributed by atoms with E-state index in [1.54, 1.807) is 49.6 Å². The molecule has 8 heteroatoms. The zero-order valence-electron chi connectivity index (χ0n) is 17.1. The molecular weight excluding hydrogens is 464 g/mol. The van der Waals surface area contributed by atoms with Crippen LogP contribution in [0.1, 0.15) is 18.1 Å². The third-order valence-electron chi connectivity index (χ3n) is 4.52. The summed E-state index contributed by atoms with van der Waals surface area (Å²) in [7, 11) is 1.54. The molecule has 0 radical (unpaired) electrons. The molecule has 0 unspecified atom stereocenters. The number of benzene rings is 2. The van der Waals surface area contributed by atoms with Gasteiger partial charge in [-0.2, -0.15) is 0 Å². The van der Waals surface area contributed by atoms with E-state index in [2.05, 4.69) is 27.8 Å². The van der Waals surface area contributed by atoms with Gasteiger partial charge in [-0.25, -0.2) is 9.69 Å². The largest absolute Gasteiger partial charge is 0.493 e. The van der Waals surface area contributed by atoms with E-state index in [1.165, 1.54) is 6.08 Å². The SMILES string of the molecule is C=CCc1cc(/C=C2/C(=O)NC(=O)N(c3ccc(Br)cc3)C2=O)cc(OCC)c1OC. The van der Waals surface area contributed by atoms with Crippen LogP contribution in [-0.4, -0.2) is 31.6 Å². The summed E-state index contributed by atoms with van der Waals surface area (Å²) in [5, 5.41) is 2.22. The molecule has 7 nitrogen and oxygen atoms in total. The van der Waals surface area contributed by atoms with Crippen LogP contribution in [0.5, 0.6) is 11.5 Å². The average molecular weight is 485 g/mol. The van der Waals surface area contributed by atoms with Gasteiger partial charge < -0.3 is 9.47 Å². The Balaban J connectivity index is 2.07. The number of carbonyl (C=O) groups excluding carboxylic acids is 3. The van der Waals surface area contributed by atoms with Gasteiger partial charge in [-0.05, 0) is 61.4 Å². The number of hydrogen-bond donors (Lipinski definition) is 1. The molecule has 1 aliphatic heterocycles. The third kappa shape index (κ3) is 4.69. The van der Waals surface area contributed by atoms with E-state index < -0.39 is 17.8 Å². The van der Waals surface area contributed by atoms with Crippen LogP contribution in [0.15, 0.2) is 59.1 Å². The van der Waals surface area contributed by atoms with Crippen molar-refractivity contribution in [2.24, 2.45) is 0 Å². The normalized spacial score (nSPS) is 15.1. The van der Waals surface area contributed by atoms with Crippen LogP contribution >= 0.6 is 15.9 Å². The smallest absolute Gasteiger partial charge is 0.335 e. The quantitative estimate of drug-likeness (QED) is 0.360. The van der Waals surface area contributed by atoms with Crippen molar-refractivity contribution in [3.8, 4) is 11.5 Å². The van der Waals surface area contributed by atoms with E-state index in [-0.39, 0.29) is 5.57 Å². The third-order valence-corrected chi connectivity index (χ3v) is 5.05. The lowest BCUT2D eigenvalue weighted by molar-refractivity contribution is -0.122. The van der Waals surface area contributed by atoms with Crippen LogP contribution in [0, 0.1) is 0 Å². The Labute approximate surface area is 188 Å². The minimum atomic E-state index is -0.799. The number of allylic oxidation sites excluding steroid dienone is 1. The molecule has 1 N–H and O–H groups in total.